The highest BCUT2D eigenvalue weighted by molar-refractivity contribution is 5.71. The van der Waals surface area contributed by atoms with E-state index < -0.39 is 0 Å². The Balaban J connectivity index is 1.97. The first-order chi connectivity index (χ1) is 5.83. The Bertz CT molecular complexity index is 141. The molecule has 0 radical (unpaired) electrons. The molecule has 0 aliphatic heterocycles. The van der Waals surface area contributed by atoms with E-state index in [-0.39, 0.29) is 5.97 Å². The third-order valence-electron chi connectivity index (χ3n) is 2.40. The van der Waals surface area contributed by atoms with Crippen molar-refractivity contribution in [2.75, 3.05) is 20.2 Å². The summed E-state index contributed by atoms with van der Waals surface area (Å²) in [5.41, 5.74) is 0. The fourth-order valence-corrected chi connectivity index (χ4v) is 1.67. The Morgan fingerprint density at radius 1 is 1.50 bits per heavy atom. The van der Waals surface area contributed by atoms with Crippen LogP contribution in [0, 0.1) is 5.92 Å². The van der Waals surface area contributed by atoms with Gasteiger partial charge in [0.25, 0.3) is 0 Å². The zero-order chi connectivity index (χ0) is 8.81. The summed E-state index contributed by atoms with van der Waals surface area (Å²) in [5.74, 6) is 0.614. The fraction of sp³-hybridized carbons (Fsp3) is 0.889. The lowest BCUT2D eigenvalue weighted by Crippen LogP contribution is -2.28. The second-order valence-electron chi connectivity index (χ2n) is 3.36. The van der Waals surface area contributed by atoms with Gasteiger partial charge in [0, 0.05) is 0 Å². The van der Waals surface area contributed by atoms with Crippen LogP contribution in [0.4, 0.5) is 0 Å². The maximum Gasteiger partial charge on any atom is 0.319 e. The molecule has 1 aliphatic carbocycles. The number of rotatable bonds is 4. The second-order valence-corrected chi connectivity index (χ2v) is 3.36. The summed E-state index contributed by atoms with van der Waals surface area (Å²) in [4.78, 5) is 10.7. The summed E-state index contributed by atoms with van der Waals surface area (Å²) in [6.07, 6.45) is 5.33. The first kappa shape index (κ1) is 9.52. The van der Waals surface area contributed by atoms with E-state index in [4.69, 9.17) is 0 Å². The SMILES string of the molecule is COC(=O)CNCC1CCCC1. The highest BCUT2D eigenvalue weighted by Crippen LogP contribution is 2.23. The van der Waals surface area contributed by atoms with Crippen LogP contribution in [-0.4, -0.2) is 26.2 Å². The molecule has 1 rings (SSSR count). The maximum atomic E-state index is 10.7. The van der Waals surface area contributed by atoms with Gasteiger partial charge in [-0.05, 0) is 25.3 Å². The number of carbonyl (C=O) groups is 1. The van der Waals surface area contributed by atoms with Gasteiger partial charge in [-0.25, -0.2) is 0 Å². The molecule has 1 saturated carbocycles. The van der Waals surface area contributed by atoms with Gasteiger partial charge < -0.3 is 10.1 Å². The Morgan fingerprint density at radius 2 is 2.17 bits per heavy atom. The predicted molar refractivity (Wildman–Crippen MR) is 46.8 cm³/mol. The maximum absolute atomic E-state index is 10.7. The van der Waals surface area contributed by atoms with Crippen LogP contribution >= 0.6 is 0 Å². The molecule has 0 spiro atoms. The summed E-state index contributed by atoms with van der Waals surface area (Å²) in [7, 11) is 1.42. The van der Waals surface area contributed by atoms with Gasteiger partial charge in [0.2, 0.25) is 0 Å². The number of methoxy groups -OCH3 is 1. The van der Waals surface area contributed by atoms with E-state index in [1.807, 2.05) is 0 Å². The highest BCUT2D eigenvalue weighted by Gasteiger charge is 2.14. The zero-order valence-electron chi connectivity index (χ0n) is 7.64. The summed E-state index contributed by atoms with van der Waals surface area (Å²) in [5, 5.41) is 3.10. The van der Waals surface area contributed by atoms with Crippen molar-refractivity contribution >= 4 is 5.97 Å². The number of nitrogens with one attached hydrogen (secondary N) is 1. The van der Waals surface area contributed by atoms with Crippen LogP contribution in [0.5, 0.6) is 0 Å². The molecule has 0 bridgehead atoms. The van der Waals surface area contributed by atoms with Crippen LogP contribution in [0.15, 0.2) is 0 Å². The van der Waals surface area contributed by atoms with Gasteiger partial charge in [0.15, 0.2) is 0 Å². The number of hydrogen-bond acceptors (Lipinski definition) is 3. The quantitative estimate of drug-likeness (QED) is 0.640. The molecule has 1 N–H and O–H groups in total. The average molecular weight is 171 g/mol. The van der Waals surface area contributed by atoms with E-state index >= 15 is 0 Å². The molecule has 3 heteroatoms. The molecule has 0 saturated heterocycles. The lowest BCUT2D eigenvalue weighted by molar-refractivity contribution is -0.139. The van der Waals surface area contributed by atoms with Crippen LogP contribution in [0.3, 0.4) is 0 Å². The molecule has 12 heavy (non-hydrogen) atoms. The molecule has 0 aromatic carbocycles. The van der Waals surface area contributed by atoms with E-state index in [1.165, 1.54) is 32.8 Å². The van der Waals surface area contributed by atoms with Crippen molar-refractivity contribution in [1.82, 2.24) is 5.32 Å². The zero-order valence-corrected chi connectivity index (χ0v) is 7.64. The average Bonchev–Trinajstić information content (AvgIpc) is 2.57. The number of hydrogen-bond donors (Lipinski definition) is 1. The summed E-state index contributed by atoms with van der Waals surface area (Å²) in [6.45, 7) is 1.32. The minimum Gasteiger partial charge on any atom is -0.468 e. The lowest BCUT2D eigenvalue weighted by Gasteiger charge is -2.08. The third kappa shape index (κ3) is 3.22. The third-order valence-corrected chi connectivity index (χ3v) is 2.40. The summed E-state index contributed by atoms with van der Waals surface area (Å²) < 4.78 is 4.51. The van der Waals surface area contributed by atoms with Crippen molar-refractivity contribution in [3.8, 4) is 0 Å². The second kappa shape index (κ2) is 5.14. The minimum absolute atomic E-state index is 0.173. The monoisotopic (exact) mass is 171 g/mol. The van der Waals surface area contributed by atoms with E-state index in [2.05, 4.69) is 10.1 Å². The number of carbonyl (C=O) groups excluding carboxylic acids is 1. The van der Waals surface area contributed by atoms with Crippen LogP contribution < -0.4 is 5.32 Å². The van der Waals surface area contributed by atoms with Gasteiger partial charge in [-0.15, -0.1) is 0 Å². The Labute approximate surface area is 73.5 Å². The first-order valence-electron chi connectivity index (χ1n) is 4.60. The van der Waals surface area contributed by atoms with Crippen molar-refractivity contribution in [1.29, 1.82) is 0 Å². The molecule has 3 nitrogen and oxygen atoms in total. The van der Waals surface area contributed by atoms with Gasteiger partial charge in [0.05, 0.1) is 13.7 Å². The van der Waals surface area contributed by atoms with Crippen molar-refractivity contribution in [3.63, 3.8) is 0 Å². The summed E-state index contributed by atoms with van der Waals surface area (Å²) >= 11 is 0. The molecule has 0 unspecified atom stereocenters. The van der Waals surface area contributed by atoms with Gasteiger partial charge >= 0.3 is 5.97 Å². The fourth-order valence-electron chi connectivity index (χ4n) is 1.67. The molecule has 1 fully saturated rings. The van der Waals surface area contributed by atoms with Gasteiger partial charge in [0.1, 0.15) is 0 Å². The van der Waals surface area contributed by atoms with Crippen molar-refractivity contribution < 1.29 is 9.53 Å². The van der Waals surface area contributed by atoms with Crippen molar-refractivity contribution in [2.24, 2.45) is 5.92 Å². The van der Waals surface area contributed by atoms with Crippen LogP contribution in [0.1, 0.15) is 25.7 Å². The topological polar surface area (TPSA) is 38.3 Å². The van der Waals surface area contributed by atoms with Gasteiger partial charge in [-0.2, -0.15) is 0 Å². The molecule has 0 aromatic heterocycles. The highest BCUT2D eigenvalue weighted by atomic mass is 16.5. The normalized spacial score (nSPS) is 18.1. The van der Waals surface area contributed by atoms with E-state index in [9.17, 15) is 4.79 Å². The molecular formula is C9H17NO2. The van der Waals surface area contributed by atoms with Gasteiger partial charge in [-0.1, -0.05) is 12.8 Å². The smallest absolute Gasteiger partial charge is 0.319 e. The van der Waals surface area contributed by atoms with Crippen LogP contribution in [0.2, 0.25) is 0 Å². The molecule has 1 aliphatic rings. The van der Waals surface area contributed by atoms with E-state index in [0.29, 0.717) is 6.54 Å². The number of esters is 1. The first-order valence-corrected chi connectivity index (χ1v) is 4.60. The lowest BCUT2D eigenvalue weighted by atomic mass is 10.1. The van der Waals surface area contributed by atoms with Crippen molar-refractivity contribution in [2.45, 2.75) is 25.7 Å². The van der Waals surface area contributed by atoms with Crippen molar-refractivity contribution in [3.05, 3.63) is 0 Å². The Morgan fingerprint density at radius 3 is 2.75 bits per heavy atom. The largest absolute Gasteiger partial charge is 0.468 e. The number of ether oxygens (including phenoxy) is 1. The summed E-state index contributed by atoms with van der Waals surface area (Å²) in [6, 6.07) is 0. The Kier molecular flexibility index (Phi) is 4.08. The molecule has 0 heterocycles. The van der Waals surface area contributed by atoms with Gasteiger partial charge in [-0.3, -0.25) is 4.79 Å². The Hall–Kier alpha value is -0.570. The van der Waals surface area contributed by atoms with E-state index in [0.717, 1.165) is 12.5 Å². The molecular weight excluding hydrogens is 154 g/mol. The molecule has 0 amide bonds. The standard InChI is InChI=1S/C9H17NO2/c1-12-9(11)7-10-6-8-4-2-3-5-8/h8,10H,2-7H2,1H3. The molecule has 70 valence electrons. The predicted octanol–water partition coefficient (Wildman–Crippen LogP) is 0.939. The minimum atomic E-state index is -0.173. The molecule has 0 atom stereocenters. The van der Waals surface area contributed by atoms with E-state index in [1.54, 1.807) is 0 Å². The van der Waals surface area contributed by atoms with Crippen LogP contribution in [0.25, 0.3) is 0 Å². The molecule has 0 aromatic rings. The van der Waals surface area contributed by atoms with Crippen LogP contribution in [-0.2, 0) is 9.53 Å².